The van der Waals surface area contributed by atoms with E-state index in [1.165, 1.54) is 6.07 Å². The van der Waals surface area contributed by atoms with Crippen molar-refractivity contribution in [1.82, 2.24) is 0 Å². The fourth-order valence-corrected chi connectivity index (χ4v) is 3.29. The molecule has 1 nitrogen and oxygen atoms in total. The Balaban J connectivity index is 2.32. The maximum absolute atomic E-state index is 13.4. The van der Waals surface area contributed by atoms with Crippen LogP contribution in [0.3, 0.4) is 0 Å². The largest absolute Gasteiger partial charge is 0.328 e. The Morgan fingerprint density at radius 2 is 1.95 bits per heavy atom. The molecule has 2 rings (SSSR count). The zero-order valence-corrected chi connectivity index (χ0v) is 13.0. The van der Waals surface area contributed by atoms with Crippen molar-refractivity contribution in [2.45, 2.75) is 29.2 Å². The van der Waals surface area contributed by atoms with Crippen molar-refractivity contribution in [1.29, 1.82) is 0 Å². The van der Waals surface area contributed by atoms with Crippen LogP contribution in [0.25, 0.3) is 0 Å². The van der Waals surface area contributed by atoms with E-state index in [0.29, 0.717) is 6.42 Å². The summed E-state index contributed by atoms with van der Waals surface area (Å²) in [6.45, 7) is 1.93. The molecule has 0 aliphatic heterocycles. The second-order valence-electron chi connectivity index (χ2n) is 4.47. The molecule has 0 aliphatic rings. The topological polar surface area (TPSA) is 26.0 Å². The molecule has 1 unspecified atom stereocenters. The number of nitrogens with two attached hydrogens (primary N) is 1. The SMILES string of the molecule is CC(N)Cc1cc(F)ccc1Sc1ccccc1Br. The van der Waals surface area contributed by atoms with Gasteiger partial charge in [0.2, 0.25) is 0 Å². The predicted molar refractivity (Wildman–Crippen MR) is 82.0 cm³/mol. The standard InChI is InChI=1S/C15H15BrFNS/c1-10(18)8-11-9-12(17)6-7-14(11)19-15-5-3-2-4-13(15)16/h2-7,9-10H,8,18H2,1H3. The minimum absolute atomic E-state index is 0.0142. The molecule has 0 fully saturated rings. The quantitative estimate of drug-likeness (QED) is 0.878. The minimum atomic E-state index is -0.216. The van der Waals surface area contributed by atoms with Crippen LogP contribution in [-0.4, -0.2) is 6.04 Å². The lowest BCUT2D eigenvalue weighted by molar-refractivity contribution is 0.620. The van der Waals surface area contributed by atoms with Crippen molar-refractivity contribution in [3.63, 3.8) is 0 Å². The van der Waals surface area contributed by atoms with Crippen LogP contribution >= 0.6 is 27.7 Å². The highest BCUT2D eigenvalue weighted by Gasteiger charge is 2.09. The molecule has 0 saturated heterocycles. The second kappa shape index (κ2) is 6.55. The first-order valence-electron chi connectivity index (χ1n) is 6.02. The van der Waals surface area contributed by atoms with Gasteiger partial charge in [-0.3, -0.25) is 0 Å². The van der Waals surface area contributed by atoms with E-state index in [2.05, 4.69) is 15.9 Å². The third kappa shape index (κ3) is 4.06. The van der Waals surface area contributed by atoms with Crippen LogP contribution in [0.4, 0.5) is 4.39 Å². The second-order valence-corrected chi connectivity index (χ2v) is 6.40. The maximum Gasteiger partial charge on any atom is 0.123 e. The summed E-state index contributed by atoms with van der Waals surface area (Å²) in [6.07, 6.45) is 0.671. The van der Waals surface area contributed by atoms with Gasteiger partial charge in [0, 0.05) is 20.3 Å². The van der Waals surface area contributed by atoms with Gasteiger partial charge in [0.25, 0.3) is 0 Å². The molecule has 2 aromatic carbocycles. The number of rotatable bonds is 4. The van der Waals surface area contributed by atoms with E-state index in [1.54, 1.807) is 17.8 Å². The van der Waals surface area contributed by atoms with Gasteiger partial charge in [0.1, 0.15) is 5.82 Å². The van der Waals surface area contributed by atoms with Crippen LogP contribution in [0.1, 0.15) is 12.5 Å². The average Bonchev–Trinajstić information content (AvgIpc) is 2.34. The number of hydrogen-bond donors (Lipinski definition) is 1. The molecule has 0 heterocycles. The number of hydrogen-bond acceptors (Lipinski definition) is 2. The van der Waals surface area contributed by atoms with Gasteiger partial charge in [-0.25, -0.2) is 4.39 Å². The summed E-state index contributed by atoms with van der Waals surface area (Å²) in [6, 6.07) is 12.9. The van der Waals surface area contributed by atoms with Crippen molar-refractivity contribution in [2.24, 2.45) is 5.73 Å². The van der Waals surface area contributed by atoms with E-state index in [4.69, 9.17) is 5.73 Å². The lowest BCUT2D eigenvalue weighted by atomic mass is 10.1. The van der Waals surface area contributed by atoms with Crippen LogP contribution in [0.2, 0.25) is 0 Å². The van der Waals surface area contributed by atoms with Gasteiger partial charge < -0.3 is 5.73 Å². The number of halogens is 2. The van der Waals surface area contributed by atoms with E-state index in [-0.39, 0.29) is 11.9 Å². The molecular weight excluding hydrogens is 325 g/mol. The van der Waals surface area contributed by atoms with Gasteiger partial charge in [-0.1, -0.05) is 23.9 Å². The van der Waals surface area contributed by atoms with Crippen LogP contribution < -0.4 is 5.73 Å². The van der Waals surface area contributed by atoms with Gasteiger partial charge in [-0.2, -0.15) is 0 Å². The van der Waals surface area contributed by atoms with E-state index < -0.39 is 0 Å². The Bertz CT molecular complexity index is 572. The molecule has 19 heavy (non-hydrogen) atoms. The Morgan fingerprint density at radius 3 is 2.63 bits per heavy atom. The summed E-state index contributed by atoms with van der Waals surface area (Å²) in [4.78, 5) is 2.16. The third-order valence-electron chi connectivity index (χ3n) is 2.62. The highest BCUT2D eigenvalue weighted by molar-refractivity contribution is 9.10. The van der Waals surface area contributed by atoms with Crippen LogP contribution in [0.5, 0.6) is 0 Å². The van der Waals surface area contributed by atoms with E-state index in [9.17, 15) is 4.39 Å². The number of benzene rings is 2. The normalized spacial score (nSPS) is 12.4. The van der Waals surface area contributed by atoms with E-state index >= 15 is 0 Å². The van der Waals surface area contributed by atoms with Crippen molar-refractivity contribution < 1.29 is 4.39 Å². The lowest BCUT2D eigenvalue weighted by Gasteiger charge is -2.12. The summed E-state index contributed by atoms with van der Waals surface area (Å²) in [5.41, 5.74) is 6.78. The monoisotopic (exact) mass is 339 g/mol. The molecule has 0 bridgehead atoms. The van der Waals surface area contributed by atoms with Crippen LogP contribution in [-0.2, 0) is 6.42 Å². The van der Waals surface area contributed by atoms with Gasteiger partial charge in [0.15, 0.2) is 0 Å². The van der Waals surface area contributed by atoms with E-state index in [1.807, 2.05) is 37.3 Å². The molecular formula is C15H15BrFNS. The zero-order chi connectivity index (χ0) is 13.8. The summed E-state index contributed by atoms with van der Waals surface area (Å²) in [7, 11) is 0. The van der Waals surface area contributed by atoms with Gasteiger partial charge >= 0.3 is 0 Å². The highest BCUT2D eigenvalue weighted by atomic mass is 79.9. The Labute approximate surface area is 125 Å². The molecule has 2 N–H and O–H groups in total. The Kier molecular flexibility index (Phi) is 5.02. The van der Waals surface area contributed by atoms with Crippen molar-refractivity contribution in [3.8, 4) is 0 Å². The molecule has 0 spiro atoms. The third-order valence-corrected chi connectivity index (χ3v) is 4.77. The summed E-state index contributed by atoms with van der Waals surface area (Å²) in [5.74, 6) is -0.216. The fourth-order valence-electron chi connectivity index (χ4n) is 1.80. The van der Waals surface area contributed by atoms with Gasteiger partial charge in [0.05, 0.1) is 0 Å². The van der Waals surface area contributed by atoms with Crippen molar-refractivity contribution in [3.05, 3.63) is 58.3 Å². The molecule has 4 heteroatoms. The first-order valence-corrected chi connectivity index (χ1v) is 7.63. The molecule has 2 aromatic rings. The highest BCUT2D eigenvalue weighted by Crippen LogP contribution is 2.35. The average molecular weight is 340 g/mol. The van der Waals surface area contributed by atoms with Crippen LogP contribution in [0.15, 0.2) is 56.7 Å². The molecule has 100 valence electrons. The predicted octanol–water partition coefficient (Wildman–Crippen LogP) is 4.63. The maximum atomic E-state index is 13.4. The molecule has 0 radical (unpaired) electrons. The van der Waals surface area contributed by atoms with Crippen molar-refractivity contribution >= 4 is 27.7 Å². The zero-order valence-electron chi connectivity index (χ0n) is 10.6. The summed E-state index contributed by atoms with van der Waals surface area (Å²) < 4.78 is 14.4. The van der Waals surface area contributed by atoms with Crippen molar-refractivity contribution in [2.75, 3.05) is 0 Å². The first-order chi connectivity index (χ1) is 9.06. The molecule has 1 atom stereocenters. The lowest BCUT2D eigenvalue weighted by Crippen LogP contribution is -2.18. The Morgan fingerprint density at radius 1 is 1.21 bits per heavy atom. The Hall–Kier alpha value is -0.840. The molecule has 0 amide bonds. The first kappa shape index (κ1) is 14.6. The van der Waals surface area contributed by atoms with E-state index in [0.717, 1.165) is 19.8 Å². The minimum Gasteiger partial charge on any atom is -0.328 e. The summed E-state index contributed by atoms with van der Waals surface area (Å²) in [5, 5.41) is 0. The van der Waals surface area contributed by atoms with Gasteiger partial charge in [-0.15, -0.1) is 0 Å². The smallest absolute Gasteiger partial charge is 0.123 e. The van der Waals surface area contributed by atoms with Gasteiger partial charge in [-0.05, 0) is 65.2 Å². The fraction of sp³-hybridized carbons (Fsp3) is 0.200. The molecule has 0 aliphatic carbocycles. The summed E-state index contributed by atoms with van der Waals surface area (Å²) >= 11 is 5.15. The molecule has 0 saturated carbocycles. The van der Waals surface area contributed by atoms with Crippen LogP contribution in [0, 0.1) is 5.82 Å². The molecule has 0 aromatic heterocycles.